The molecule has 0 spiro atoms. The SMILES string of the molecule is CC(=O)c1ccc(S(=O)(=O)NCCC(=O)Nc2cc(C)on2)cc1. The van der Waals surface area contributed by atoms with Crippen LogP contribution < -0.4 is 10.0 Å². The summed E-state index contributed by atoms with van der Waals surface area (Å²) in [5.41, 5.74) is 0.427. The van der Waals surface area contributed by atoms with Gasteiger partial charge in [0.25, 0.3) is 0 Å². The monoisotopic (exact) mass is 351 g/mol. The van der Waals surface area contributed by atoms with Crippen LogP contribution in [0.2, 0.25) is 0 Å². The van der Waals surface area contributed by atoms with Crippen LogP contribution in [0.1, 0.15) is 29.5 Å². The molecule has 0 saturated heterocycles. The number of Topliss-reactive ketones (excluding diaryl/α,β-unsaturated/α-hetero) is 1. The molecule has 0 radical (unpaired) electrons. The number of anilines is 1. The Hall–Kier alpha value is -2.52. The number of hydrogen-bond acceptors (Lipinski definition) is 6. The Bertz CT molecular complexity index is 840. The zero-order valence-electron chi connectivity index (χ0n) is 13.2. The summed E-state index contributed by atoms with van der Waals surface area (Å²) in [6.45, 7) is 3.02. The first-order valence-corrected chi connectivity index (χ1v) is 8.60. The van der Waals surface area contributed by atoms with Crippen molar-refractivity contribution in [1.82, 2.24) is 9.88 Å². The molecular weight excluding hydrogens is 334 g/mol. The van der Waals surface area contributed by atoms with Gasteiger partial charge in [-0.15, -0.1) is 0 Å². The zero-order valence-corrected chi connectivity index (χ0v) is 14.0. The van der Waals surface area contributed by atoms with Crippen molar-refractivity contribution in [1.29, 1.82) is 0 Å². The van der Waals surface area contributed by atoms with Gasteiger partial charge < -0.3 is 9.84 Å². The number of sulfonamides is 1. The lowest BCUT2D eigenvalue weighted by molar-refractivity contribution is -0.116. The molecule has 1 heterocycles. The van der Waals surface area contributed by atoms with E-state index in [4.69, 9.17) is 4.52 Å². The van der Waals surface area contributed by atoms with Crippen LogP contribution >= 0.6 is 0 Å². The van der Waals surface area contributed by atoms with Gasteiger partial charge in [0.1, 0.15) is 5.76 Å². The van der Waals surface area contributed by atoms with E-state index in [-0.39, 0.29) is 29.5 Å². The molecule has 24 heavy (non-hydrogen) atoms. The Morgan fingerprint density at radius 2 is 1.88 bits per heavy atom. The average molecular weight is 351 g/mol. The van der Waals surface area contributed by atoms with Crippen LogP contribution in [0, 0.1) is 6.92 Å². The van der Waals surface area contributed by atoms with E-state index in [1.807, 2.05) is 0 Å². The molecule has 1 aromatic carbocycles. The molecule has 9 heteroatoms. The highest BCUT2D eigenvalue weighted by molar-refractivity contribution is 7.89. The summed E-state index contributed by atoms with van der Waals surface area (Å²) in [5, 5.41) is 6.10. The summed E-state index contributed by atoms with van der Waals surface area (Å²) < 4.78 is 31.3. The van der Waals surface area contributed by atoms with E-state index in [0.29, 0.717) is 11.3 Å². The molecule has 0 unspecified atom stereocenters. The maximum atomic E-state index is 12.1. The Labute approximate surface area is 139 Å². The first-order valence-electron chi connectivity index (χ1n) is 7.12. The van der Waals surface area contributed by atoms with Gasteiger partial charge in [0.2, 0.25) is 15.9 Å². The molecule has 8 nitrogen and oxygen atoms in total. The van der Waals surface area contributed by atoms with E-state index in [1.165, 1.54) is 31.2 Å². The number of nitrogens with zero attached hydrogens (tertiary/aromatic N) is 1. The van der Waals surface area contributed by atoms with Gasteiger partial charge in [-0.25, -0.2) is 13.1 Å². The van der Waals surface area contributed by atoms with E-state index in [1.54, 1.807) is 13.0 Å². The van der Waals surface area contributed by atoms with Gasteiger partial charge in [-0.2, -0.15) is 0 Å². The summed E-state index contributed by atoms with van der Waals surface area (Å²) >= 11 is 0. The van der Waals surface area contributed by atoms with Gasteiger partial charge >= 0.3 is 0 Å². The number of nitrogens with one attached hydrogen (secondary N) is 2. The molecule has 0 fully saturated rings. The molecular formula is C15H17N3O5S. The lowest BCUT2D eigenvalue weighted by Crippen LogP contribution is -2.27. The molecule has 0 aliphatic rings. The summed E-state index contributed by atoms with van der Waals surface area (Å²) in [6, 6.07) is 7.13. The standard InChI is InChI=1S/C15H17N3O5S/c1-10-9-14(18-23-10)17-15(20)7-8-16-24(21,22)13-5-3-12(4-6-13)11(2)19/h3-6,9,16H,7-8H2,1-2H3,(H,17,18,20). The van der Waals surface area contributed by atoms with Gasteiger partial charge in [-0.1, -0.05) is 17.3 Å². The summed E-state index contributed by atoms with van der Waals surface area (Å²) in [6.07, 6.45) is -0.0589. The van der Waals surface area contributed by atoms with Crippen LogP contribution in [-0.2, 0) is 14.8 Å². The van der Waals surface area contributed by atoms with Gasteiger partial charge in [-0.3, -0.25) is 9.59 Å². The molecule has 2 rings (SSSR count). The summed E-state index contributed by atoms with van der Waals surface area (Å²) in [5.74, 6) is 0.296. The predicted octanol–water partition coefficient (Wildman–Crippen LogP) is 1.49. The van der Waals surface area contributed by atoms with Crippen molar-refractivity contribution in [2.75, 3.05) is 11.9 Å². The second-order valence-electron chi connectivity index (χ2n) is 5.10. The first-order chi connectivity index (χ1) is 11.3. The highest BCUT2D eigenvalue weighted by Gasteiger charge is 2.15. The fraction of sp³-hybridized carbons (Fsp3) is 0.267. The molecule has 2 N–H and O–H groups in total. The van der Waals surface area contributed by atoms with Crippen molar-refractivity contribution >= 4 is 27.5 Å². The van der Waals surface area contributed by atoms with Crippen LogP contribution in [0.4, 0.5) is 5.82 Å². The Kier molecular flexibility index (Phi) is 5.47. The number of aromatic nitrogens is 1. The van der Waals surface area contributed by atoms with Gasteiger partial charge in [0.05, 0.1) is 4.90 Å². The van der Waals surface area contributed by atoms with Crippen molar-refractivity contribution in [3.05, 3.63) is 41.7 Å². The number of rotatable bonds is 7. The van der Waals surface area contributed by atoms with Crippen molar-refractivity contribution < 1.29 is 22.5 Å². The van der Waals surface area contributed by atoms with E-state index in [0.717, 1.165) is 0 Å². The predicted molar refractivity (Wildman–Crippen MR) is 86.1 cm³/mol. The quantitative estimate of drug-likeness (QED) is 0.730. The number of aryl methyl sites for hydroxylation is 1. The smallest absolute Gasteiger partial charge is 0.240 e. The summed E-state index contributed by atoms with van der Waals surface area (Å²) in [4.78, 5) is 22.9. The van der Waals surface area contributed by atoms with E-state index < -0.39 is 15.9 Å². The molecule has 128 valence electrons. The largest absolute Gasteiger partial charge is 0.360 e. The van der Waals surface area contributed by atoms with E-state index in [9.17, 15) is 18.0 Å². The Morgan fingerprint density at radius 1 is 1.21 bits per heavy atom. The van der Waals surface area contributed by atoms with Gasteiger partial charge in [-0.05, 0) is 26.0 Å². The maximum Gasteiger partial charge on any atom is 0.240 e. The topological polar surface area (TPSA) is 118 Å². The number of benzene rings is 1. The molecule has 2 aromatic rings. The summed E-state index contributed by atoms with van der Waals surface area (Å²) in [7, 11) is -3.74. The van der Waals surface area contributed by atoms with E-state index >= 15 is 0 Å². The van der Waals surface area contributed by atoms with Crippen LogP contribution in [0.3, 0.4) is 0 Å². The highest BCUT2D eigenvalue weighted by Crippen LogP contribution is 2.11. The minimum atomic E-state index is -3.74. The van der Waals surface area contributed by atoms with Gasteiger partial charge in [0.15, 0.2) is 11.6 Å². The fourth-order valence-corrected chi connectivity index (χ4v) is 2.91. The van der Waals surface area contributed by atoms with Crippen molar-refractivity contribution in [3.63, 3.8) is 0 Å². The third kappa shape index (κ3) is 4.74. The molecule has 0 atom stereocenters. The lowest BCUT2D eigenvalue weighted by Gasteiger charge is -2.07. The first kappa shape index (κ1) is 17.8. The molecule has 1 amide bonds. The molecule has 0 aliphatic carbocycles. The average Bonchev–Trinajstić information content (AvgIpc) is 2.92. The molecule has 0 saturated carbocycles. The molecule has 1 aromatic heterocycles. The number of carbonyl (C=O) groups is 2. The molecule has 0 bridgehead atoms. The van der Waals surface area contributed by atoms with Crippen LogP contribution in [0.5, 0.6) is 0 Å². The number of amides is 1. The second kappa shape index (κ2) is 7.37. The number of carbonyl (C=O) groups excluding carboxylic acids is 2. The normalized spacial score (nSPS) is 11.2. The van der Waals surface area contributed by atoms with Crippen molar-refractivity contribution in [3.8, 4) is 0 Å². The third-order valence-electron chi connectivity index (χ3n) is 3.11. The minimum Gasteiger partial charge on any atom is -0.360 e. The lowest BCUT2D eigenvalue weighted by atomic mass is 10.2. The fourth-order valence-electron chi connectivity index (χ4n) is 1.88. The zero-order chi connectivity index (χ0) is 17.7. The second-order valence-corrected chi connectivity index (χ2v) is 6.87. The molecule has 0 aliphatic heterocycles. The number of hydrogen-bond donors (Lipinski definition) is 2. The maximum absolute atomic E-state index is 12.1. The Balaban J connectivity index is 1.88. The van der Waals surface area contributed by atoms with Crippen LogP contribution in [-0.4, -0.2) is 31.8 Å². The number of ketones is 1. The van der Waals surface area contributed by atoms with Crippen molar-refractivity contribution in [2.24, 2.45) is 0 Å². The van der Waals surface area contributed by atoms with Crippen molar-refractivity contribution in [2.45, 2.75) is 25.2 Å². The van der Waals surface area contributed by atoms with Crippen LogP contribution in [0.25, 0.3) is 0 Å². The van der Waals surface area contributed by atoms with E-state index in [2.05, 4.69) is 15.2 Å². The van der Waals surface area contributed by atoms with Crippen LogP contribution in [0.15, 0.2) is 39.8 Å². The third-order valence-corrected chi connectivity index (χ3v) is 4.59. The van der Waals surface area contributed by atoms with Gasteiger partial charge in [0, 0.05) is 24.6 Å². The Morgan fingerprint density at radius 3 is 2.42 bits per heavy atom. The minimum absolute atomic E-state index is 0.0278. The highest BCUT2D eigenvalue weighted by atomic mass is 32.2.